The number of hydrogen-bond donors (Lipinski definition) is 1. The normalized spacial score (nSPS) is 19.2. The Morgan fingerprint density at radius 3 is 2.17 bits per heavy atom. The van der Waals surface area contributed by atoms with Gasteiger partial charge in [0.05, 0.1) is 0 Å². The fourth-order valence-electron chi connectivity index (χ4n) is 2.39. The van der Waals surface area contributed by atoms with E-state index >= 15 is 0 Å². The number of hydrogen-bond acceptors (Lipinski definition) is 2. The van der Waals surface area contributed by atoms with Gasteiger partial charge in [-0.3, -0.25) is 4.79 Å². The zero-order valence-corrected chi connectivity index (χ0v) is 11.0. The van der Waals surface area contributed by atoms with E-state index < -0.39 is 10.7 Å². The van der Waals surface area contributed by atoms with E-state index in [0.29, 0.717) is 12.8 Å². The van der Waals surface area contributed by atoms with Gasteiger partial charge in [-0.2, -0.15) is 0 Å². The van der Waals surface area contributed by atoms with Crippen LogP contribution in [0.4, 0.5) is 4.39 Å². The van der Waals surface area contributed by atoms with E-state index in [2.05, 4.69) is 0 Å². The average Bonchev–Trinajstić information content (AvgIpc) is 2.59. The highest BCUT2D eigenvalue weighted by atomic mass is 32.2. The third-order valence-corrected chi connectivity index (χ3v) is 4.91. The summed E-state index contributed by atoms with van der Waals surface area (Å²) in [5.74, 6) is -1.02. The van der Waals surface area contributed by atoms with Crippen molar-refractivity contribution >= 4 is 17.7 Å². The van der Waals surface area contributed by atoms with Gasteiger partial charge in [0.1, 0.15) is 10.6 Å². The summed E-state index contributed by atoms with van der Waals surface area (Å²) in [6.45, 7) is 0. The second kappa shape index (κ2) is 5.74. The van der Waals surface area contributed by atoms with E-state index in [0.717, 1.165) is 30.6 Å². The van der Waals surface area contributed by atoms with Gasteiger partial charge in [-0.25, -0.2) is 4.39 Å². The van der Waals surface area contributed by atoms with Crippen LogP contribution in [0.2, 0.25) is 0 Å². The van der Waals surface area contributed by atoms with Crippen molar-refractivity contribution in [3.05, 3.63) is 30.1 Å². The largest absolute Gasteiger partial charge is 0.480 e. The van der Waals surface area contributed by atoms with E-state index in [1.165, 1.54) is 23.9 Å². The van der Waals surface area contributed by atoms with Gasteiger partial charge in [0.2, 0.25) is 0 Å². The molecule has 1 N–H and O–H groups in total. The van der Waals surface area contributed by atoms with E-state index in [4.69, 9.17) is 0 Å². The monoisotopic (exact) mass is 268 g/mol. The third-order valence-electron chi connectivity index (χ3n) is 3.43. The summed E-state index contributed by atoms with van der Waals surface area (Å²) >= 11 is 1.38. The maximum atomic E-state index is 12.9. The van der Waals surface area contributed by atoms with Gasteiger partial charge in [-0.15, -0.1) is 11.8 Å². The average molecular weight is 268 g/mol. The van der Waals surface area contributed by atoms with Crippen LogP contribution in [-0.2, 0) is 4.79 Å². The third kappa shape index (κ3) is 3.05. The lowest BCUT2D eigenvalue weighted by atomic mass is 9.99. The van der Waals surface area contributed by atoms with Crippen molar-refractivity contribution in [2.24, 2.45) is 0 Å². The van der Waals surface area contributed by atoms with Gasteiger partial charge < -0.3 is 5.11 Å². The number of carboxylic acids is 1. The van der Waals surface area contributed by atoms with Gasteiger partial charge >= 0.3 is 5.97 Å². The van der Waals surface area contributed by atoms with Crippen LogP contribution in [0.1, 0.15) is 38.5 Å². The van der Waals surface area contributed by atoms with E-state index in [1.807, 2.05) is 0 Å². The van der Waals surface area contributed by atoms with Crippen molar-refractivity contribution in [2.45, 2.75) is 48.2 Å². The summed E-state index contributed by atoms with van der Waals surface area (Å²) in [4.78, 5) is 12.4. The van der Waals surface area contributed by atoms with E-state index in [1.54, 1.807) is 12.1 Å². The Morgan fingerprint density at radius 1 is 1.11 bits per heavy atom. The highest BCUT2D eigenvalue weighted by molar-refractivity contribution is 8.01. The lowest BCUT2D eigenvalue weighted by Crippen LogP contribution is -2.34. The van der Waals surface area contributed by atoms with Crippen LogP contribution >= 0.6 is 11.8 Å². The fraction of sp³-hybridized carbons (Fsp3) is 0.500. The Bertz CT molecular complexity index is 408. The number of benzene rings is 1. The molecule has 2 rings (SSSR count). The van der Waals surface area contributed by atoms with Gasteiger partial charge in [0, 0.05) is 4.90 Å². The van der Waals surface area contributed by atoms with Gasteiger partial charge in [-0.05, 0) is 37.1 Å². The number of carbonyl (C=O) groups is 1. The Hall–Kier alpha value is -1.03. The van der Waals surface area contributed by atoms with E-state index in [-0.39, 0.29) is 5.82 Å². The minimum Gasteiger partial charge on any atom is -0.480 e. The van der Waals surface area contributed by atoms with Crippen molar-refractivity contribution in [1.82, 2.24) is 0 Å². The van der Waals surface area contributed by atoms with Crippen LogP contribution in [0.5, 0.6) is 0 Å². The molecule has 1 fully saturated rings. The zero-order valence-electron chi connectivity index (χ0n) is 10.2. The zero-order chi connectivity index (χ0) is 13.0. The van der Waals surface area contributed by atoms with Crippen LogP contribution in [0, 0.1) is 5.82 Å². The summed E-state index contributed by atoms with van der Waals surface area (Å²) in [5.41, 5.74) is 0. The molecule has 1 saturated carbocycles. The smallest absolute Gasteiger partial charge is 0.320 e. The maximum Gasteiger partial charge on any atom is 0.320 e. The lowest BCUT2D eigenvalue weighted by molar-refractivity contribution is -0.140. The molecule has 98 valence electrons. The molecule has 0 amide bonds. The second-order valence-corrected chi connectivity index (χ2v) is 6.23. The van der Waals surface area contributed by atoms with Crippen molar-refractivity contribution in [1.29, 1.82) is 0 Å². The highest BCUT2D eigenvalue weighted by Gasteiger charge is 2.39. The molecule has 0 aromatic heterocycles. The molecule has 0 heterocycles. The highest BCUT2D eigenvalue weighted by Crippen LogP contribution is 2.43. The quantitative estimate of drug-likeness (QED) is 0.839. The molecule has 0 radical (unpaired) electrons. The molecular formula is C14H17FO2S. The molecule has 2 nitrogen and oxygen atoms in total. The molecule has 0 unspecified atom stereocenters. The summed E-state index contributed by atoms with van der Waals surface area (Å²) in [6, 6.07) is 6.09. The van der Waals surface area contributed by atoms with Crippen LogP contribution in [-0.4, -0.2) is 15.8 Å². The first kappa shape index (κ1) is 13.4. The minimum atomic E-state index is -0.737. The van der Waals surface area contributed by atoms with Gasteiger partial charge in [-0.1, -0.05) is 25.7 Å². The molecule has 1 aliphatic rings. The lowest BCUT2D eigenvalue weighted by Gasteiger charge is -2.27. The molecule has 1 aliphatic carbocycles. The second-order valence-electron chi connectivity index (χ2n) is 4.77. The molecular weight excluding hydrogens is 251 g/mol. The molecule has 0 atom stereocenters. The molecule has 0 aliphatic heterocycles. The molecule has 0 saturated heterocycles. The fourth-order valence-corrected chi connectivity index (χ4v) is 3.69. The van der Waals surface area contributed by atoms with Crippen LogP contribution in [0.3, 0.4) is 0 Å². The molecule has 18 heavy (non-hydrogen) atoms. The molecule has 1 aromatic carbocycles. The SMILES string of the molecule is O=C(O)C1(Sc2ccc(F)cc2)CCCCCC1. The number of thioether (sulfide) groups is 1. The maximum absolute atomic E-state index is 12.9. The molecule has 1 aromatic rings. The van der Waals surface area contributed by atoms with Gasteiger partial charge in [0.15, 0.2) is 0 Å². The summed E-state index contributed by atoms with van der Waals surface area (Å²) in [5, 5.41) is 9.53. The Morgan fingerprint density at radius 2 is 1.67 bits per heavy atom. The topological polar surface area (TPSA) is 37.3 Å². The first-order chi connectivity index (χ1) is 8.62. The number of carboxylic acid groups (broad SMARTS) is 1. The van der Waals surface area contributed by atoms with Crippen molar-refractivity contribution < 1.29 is 14.3 Å². The molecule has 0 spiro atoms. The Labute approximate surface area is 111 Å². The number of rotatable bonds is 3. The van der Waals surface area contributed by atoms with Crippen LogP contribution in [0.15, 0.2) is 29.2 Å². The van der Waals surface area contributed by atoms with Crippen molar-refractivity contribution in [3.8, 4) is 0 Å². The van der Waals surface area contributed by atoms with Crippen molar-refractivity contribution in [2.75, 3.05) is 0 Å². The molecule has 4 heteroatoms. The summed E-state index contributed by atoms with van der Waals surface area (Å²) in [6.07, 6.45) is 5.54. The van der Waals surface area contributed by atoms with E-state index in [9.17, 15) is 14.3 Å². The Kier molecular flexibility index (Phi) is 4.27. The number of halogens is 1. The number of aliphatic carboxylic acids is 1. The van der Waals surface area contributed by atoms with Crippen LogP contribution < -0.4 is 0 Å². The summed E-state index contributed by atoms with van der Waals surface area (Å²) in [7, 11) is 0. The first-order valence-corrected chi connectivity index (χ1v) is 7.12. The summed E-state index contributed by atoms with van der Waals surface area (Å²) < 4.78 is 12.1. The Balaban J connectivity index is 2.19. The van der Waals surface area contributed by atoms with Crippen molar-refractivity contribution in [3.63, 3.8) is 0 Å². The predicted octanol–water partition coefficient (Wildman–Crippen LogP) is 4.10. The first-order valence-electron chi connectivity index (χ1n) is 6.30. The standard InChI is InChI=1S/C14H17FO2S/c15-11-5-7-12(8-6-11)18-14(13(16)17)9-3-1-2-4-10-14/h5-8H,1-4,9-10H2,(H,16,17). The predicted molar refractivity (Wildman–Crippen MR) is 70.3 cm³/mol. The minimum absolute atomic E-state index is 0.287. The van der Waals surface area contributed by atoms with Crippen LogP contribution in [0.25, 0.3) is 0 Å². The van der Waals surface area contributed by atoms with Gasteiger partial charge in [0.25, 0.3) is 0 Å². The molecule has 0 bridgehead atoms.